The molecule has 3 heteroatoms. The third-order valence-corrected chi connectivity index (χ3v) is 3.67. The molecule has 0 bridgehead atoms. The lowest BCUT2D eigenvalue weighted by molar-refractivity contribution is 0.0676. The maximum atomic E-state index is 9.97. The zero-order chi connectivity index (χ0) is 9.73. The first kappa shape index (κ1) is 11.3. The molecular formula is C10H21NOS. The lowest BCUT2D eigenvalue weighted by Crippen LogP contribution is -2.41. The molecule has 1 heterocycles. The molecule has 1 fully saturated rings. The molecule has 0 unspecified atom stereocenters. The van der Waals surface area contributed by atoms with Crippen LogP contribution in [0.25, 0.3) is 0 Å². The summed E-state index contributed by atoms with van der Waals surface area (Å²) < 4.78 is 0. The molecule has 2 N–H and O–H groups in total. The highest BCUT2D eigenvalue weighted by Gasteiger charge is 2.30. The van der Waals surface area contributed by atoms with E-state index >= 15 is 0 Å². The number of thioether (sulfide) groups is 1. The van der Waals surface area contributed by atoms with Gasteiger partial charge in [-0.15, -0.1) is 0 Å². The fraction of sp³-hybridized carbons (Fsp3) is 1.00. The van der Waals surface area contributed by atoms with Gasteiger partial charge in [-0.2, -0.15) is 11.8 Å². The van der Waals surface area contributed by atoms with Gasteiger partial charge in [-0.1, -0.05) is 13.8 Å². The Bertz CT molecular complexity index is 144. The molecule has 0 saturated carbocycles. The highest BCUT2D eigenvalue weighted by molar-refractivity contribution is 7.99. The molecule has 13 heavy (non-hydrogen) atoms. The predicted molar refractivity (Wildman–Crippen MR) is 59.2 cm³/mol. The van der Waals surface area contributed by atoms with Gasteiger partial charge < -0.3 is 10.4 Å². The molecule has 1 aliphatic heterocycles. The van der Waals surface area contributed by atoms with Crippen molar-refractivity contribution in [3.63, 3.8) is 0 Å². The van der Waals surface area contributed by atoms with Crippen LogP contribution in [0.15, 0.2) is 0 Å². The molecule has 1 atom stereocenters. The first-order valence-corrected chi connectivity index (χ1v) is 6.29. The highest BCUT2D eigenvalue weighted by Crippen LogP contribution is 2.26. The molecule has 0 aromatic carbocycles. The lowest BCUT2D eigenvalue weighted by atomic mass is 10.0. The number of rotatable bonds is 5. The van der Waals surface area contributed by atoms with Gasteiger partial charge in [-0.25, -0.2) is 0 Å². The topological polar surface area (TPSA) is 32.3 Å². The summed E-state index contributed by atoms with van der Waals surface area (Å²) in [6, 6.07) is 0. The Morgan fingerprint density at radius 3 is 2.85 bits per heavy atom. The van der Waals surface area contributed by atoms with Gasteiger partial charge in [0.15, 0.2) is 0 Å². The molecule has 2 nitrogen and oxygen atoms in total. The number of hydrogen-bond acceptors (Lipinski definition) is 3. The maximum Gasteiger partial charge on any atom is 0.0869 e. The number of hydrogen-bond donors (Lipinski definition) is 2. The molecule has 1 aliphatic rings. The molecule has 0 aromatic heterocycles. The van der Waals surface area contributed by atoms with Crippen LogP contribution in [0.3, 0.4) is 0 Å². The van der Waals surface area contributed by atoms with Crippen LogP contribution in [0.2, 0.25) is 0 Å². The van der Waals surface area contributed by atoms with Gasteiger partial charge >= 0.3 is 0 Å². The smallest absolute Gasteiger partial charge is 0.0869 e. The van der Waals surface area contributed by atoms with Crippen molar-refractivity contribution in [1.82, 2.24) is 5.32 Å². The molecule has 78 valence electrons. The average molecular weight is 203 g/mol. The molecule has 0 radical (unpaired) electrons. The van der Waals surface area contributed by atoms with Crippen LogP contribution >= 0.6 is 11.8 Å². The van der Waals surface area contributed by atoms with Crippen LogP contribution in [-0.4, -0.2) is 35.3 Å². The summed E-state index contributed by atoms with van der Waals surface area (Å²) in [4.78, 5) is 0. The van der Waals surface area contributed by atoms with E-state index in [4.69, 9.17) is 0 Å². The van der Waals surface area contributed by atoms with Gasteiger partial charge in [-0.05, 0) is 31.1 Å². The molecule has 0 aromatic rings. The third kappa shape index (κ3) is 4.34. The molecule has 1 saturated heterocycles. The minimum absolute atomic E-state index is 0.415. The van der Waals surface area contributed by atoms with Crippen LogP contribution in [-0.2, 0) is 0 Å². The van der Waals surface area contributed by atoms with Crippen molar-refractivity contribution in [2.75, 3.05) is 24.6 Å². The summed E-state index contributed by atoms with van der Waals surface area (Å²) in [6.07, 6.45) is 2.15. The molecular weight excluding hydrogens is 182 g/mol. The van der Waals surface area contributed by atoms with Crippen molar-refractivity contribution < 1.29 is 5.11 Å². The summed E-state index contributed by atoms with van der Waals surface area (Å²) in [5.41, 5.74) is -0.415. The maximum absolute atomic E-state index is 9.97. The van der Waals surface area contributed by atoms with E-state index in [9.17, 15) is 5.11 Å². The SMILES string of the molecule is CC(C)CCNC[C@]1(O)CCSC1. The van der Waals surface area contributed by atoms with Crippen molar-refractivity contribution in [3.8, 4) is 0 Å². The van der Waals surface area contributed by atoms with Crippen molar-refractivity contribution in [2.24, 2.45) is 5.92 Å². The second kappa shape index (κ2) is 5.23. The van der Waals surface area contributed by atoms with Crippen LogP contribution in [0.5, 0.6) is 0 Å². The van der Waals surface area contributed by atoms with Crippen LogP contribution in [0.4, 0.5) is 0 Å². The van der Waals surface area contributed by atoms with Crippen molar-refractivity contribution in [1.29, 1.82) is 0 Å². The van der Waals surface area contributed by atoms with E-state index in [1.807, 2.05) is 11.8 Å². The summed E-state index contributed by atoms with van der Waals surface area (Å²) in [6.45, 7) is 6.25. The average Bonchev–Trinajstić information content (AvgIpc) is 2.47. The standard InChI is InChI=1S/C10H21NOS/c1-9(2)3-5-11-7-10(12)4-6-13-8-10/h9,11-12H,3-8H2,1-2H3/t10-/m1/s1. The molecule has 0 spiro atoms. The predicted octanol–water partition coefficient (Wildman–Crippen LogP) is 1.49. The van der Waals surface area contributed by atoms with Crippen molar-refractivity contribution >= 4 is 11.8 Å². The van der Waals surface area contributed by atoms with Gasteiger partial charge in [0.2, 0.25) is 0 Å². The lowest BCUT2D eigenvalue weighted by Gasteiger charge is -2.21. The fourth-order valence-corrected chi connectivity index (χ4v) is 2.74. The minimum atomic E-state index is -0.415. The minimum Gasteiger partial charge on any atom is -0.388 e. The molecule has 0 aliphatic carbocycles. The molecule has 1 rings (SSSR count). The third-order valence-electron chi connectivity index (χ3n) is 2.44. The zero-order valence-electron chi connectivity index (χ0n) is 8.68. The van der Waals surface area contributed by atoms with E-state index in [1.165, 1.54) is 6.42 Å². The number of nitrogens with one attached hydrogen (secondary N) is 1. The summed E-state index contributed by atoms with van der Waals surface area (Å²) >= 11 is 1.86. The quantitative estimate of drug-likeness (QED) is 0.664. The van der Waals surface area contributed by atoms with Crippen molar-refractivity contribution in [3.05, 3.63) is 0 Å². The van der Waals surface area contributed by atoms with Gasteiger partial charge in [0.25, 0.3) is 0 Å². The Hall–Kier alpha value is 0.270. The fourth-order valence-electron chi connectivity index (χ4n) is 1.45. The second-order valence-corrected chi connectivity index (χ2v) is 5.49. The first-order valence-electron chi connectivity index (χ1n) is 5.13. The van der Waals surface area contributed by atoms with E-state index < -0.39 is 5.60 Å². The van der Waals surface area contributed by atoms with Crippen LogP contribution < -0.4 is 5.32 Å². The molecule has 0 amide bonds. The summed E-state index contributed by atoms with van der Waals surface area (Å²) in [5.74, 6) is 2.77. The summed E-state index contributed by atoms with van der Waals surface area (Å²) in [5, 5.41) is 13.3. The zero-order valence-corrected chi connectivity index (χ0v) is 9.49. The Balaban J connectivity index is 2.04. The largest absolute Gasteiger partial charge is 0.388 e. The second-order valence-electron chi connectivity index (χ2n) is 4.39. The number of aliphatic hydroxyl groups is 1. The Morgan fingerprint density at radius 2 is 2.31 bits per heavy atom. The van der Waals surface area contributed by atoms with E-state index in [-0.39, 0.29) is 0 Å². The highest BCUT2D eigenvalue weighted by atomic mass is 32.2. The van der Waals surface area contributed by atoms with Crippen LogP contribution in [0, 0.1) is 5.92 Å². The van der Waals surface area contributed by atoms with Gasteiger partial charge in [0, 0.05) is 12.3 Å². The van der Waals surface area contributed by atoms with Gasteiger partial charge in [0.05, 0.1) is 5.60 Å². The van der Waals surface area contributed by atoms with Gasteiger partial charge in [0.1, 0.15) is 0 Å². The van der Waals surface area contributed by atoms with Crippen LogP contribution in [0.1, 0.15) is 26.7 Å². The van der Waals surface area contributed by atoms with E-state index in [0.717, 1.165) is 36.9 Å². The Kier molecular flexibility index (Phi) is 4.56. The first-order chi connectivity index (χ1) is 6.12. The Morgan fingerprint density at radius 1 is 1.54 bits per heavy atom. The van der Waals surface area contributed by atoms with E-state index in [0.29, 0.717) is 0 Å². The van der Waals surface area contributed by atoms with E-state index in [2.05, 4.69) is 19.2 Å². The van der Waals surface area contributed by atoms with Crippen molar-refractivity contribution in [2.45, 2.75) is 32.3 Å². The van der Waals surface area contributed by atoms with E-state index in [1.54, 1.807) is 0 Å². The van der Waals surface area contributed by atoms with Gasteiger partial charge in [-0.3, -0.25) is 0 Å². The Labute approximate surface area is 85.5 Å². The normalized spacial score (nSPS) is 28.6. The summed E-state index contributed by atoms with van der Waals surface area (Å²) in [7, 11) is 0. The monoisotopic (exact) mass is 203 g/mol.